The van der Waals surface area contributed by atoms with E-state index in [0.29, 0.717) is 5.92 Å². The zero-order valence-corrected chi connectivity index (χ0v) is 10.5. The van der Waals surface area contributed by atoms with E-state index in [2.05, 4.69) is 53.7 Å². The Kier molecular flexibility index (Phi) is 3.54. The summed E-state index contributed by atoms with van der Waals surface area (Å²) in [6.07, 6.45) is 1.95. The molecule has 0 atom stereocenters. The maximum Gasteiger partial charge on any atom is 0.0969 e. The van der Waals surface area contributed by atoms with E-state index >= 15 is 0 Å². The van der Waals surface area contributed by atoms with Gasteiger partial charge in [-0.3, -0.25) is 0 Å². The number of aromatic nitrogens is 3. The lowest BCUT2D eigenvalue weighted by atomic mass is 10.0. The van der Waals surface area contributed by atoms with Gasteiger partial charge in [-0.05, 0) is 30.7 Å². The van der Waals surface area contributed by atoms with Gasteiger partial charge in [0.1, 0.15) is 0 Å². The molecule has 17 heavy (non-hydrogen) atoms. The third-order valence-electron chi connectivity index (χ3n) is 2.72. The Labute approximate surface area is 102 Å². The van der Waals surface area contributed by atoms with Crippen LogP contribution in [-0.4, -0.2) is 22.0 Å². The van der Waals surface area contributed by atoms with Crippen molar-refractivity contribution >= 4 is 0 Å². The van der Waals surface area contributed by atoms with Crippen molar-refractivity contribution in [1.29, 1.82) is 0 Å². The Bertz CT molecular complexity index is 470. The zero-order valence-electron chi connectivity index (χ0n) is 10.5. The van der Waals surface area contributed by atoms with E-state index in [9.17, 15) is 0 Å². The molecule has 4 heteroatoms. The molecule has 1 N–H and O–H groups in total. The van der Waals surface area contributed by atoms with Crippen LogP contribution in [-0.2, 0) is 6.54 Å². The first-order chi connectivity index (χ1) is 8.20. The number of hydrogen-bond donors (Lipinski definition) is 1. The van der Waals surface area contributed by atoms with Gasteiger partial charge < -0.3 is 5.32 Å². The fraction of sp³-hybridized carbons (Fsp3) is 0.385. The molecule has 1 aromatic heterocycles. The minimum atomic E-state index is 0.555. The monoisotopic (exact) mass is 230 g/mol. The number of nitrogens with zero attached hydrogens (tertiary/aromatic N) is 3. The molecule has 2 rings (SSSR count). The predicted octanol–water partition coefficient (Wildman–Crippen LogP) is 2.11. The van der Waals surface area contributed by atoms with Crippen molar-refractivity contribution in [2.24, 2.45) is 0 Å². The summed E-state index contributed by atoms with van der Waals surface area (Å²) >= 11 is 0. The minimum absolute atomic E-state index is 0.555. The molecular formula is C13H18N4. The first-order valence-electron chi connectivity index (χ1n) is 5.87. The highest BCUT2D eigenvalue weighted by Crippen LogP contribution is 2.16. The van der Waals surface area contributed by atoms with E-state index in [-0.39, 0.29) is 0 Å². The molecule has 2 aromatic rings. The predicted molar refractivity (Wildman–Crippen MR) is 68.2 cm³/mol. The van der Waals surface area contributed by atoms with Gasteiger partial charge in [0.2, 0.25) is 0 Å². The summed E-state index contributed by atoms with van der Waals surface area (Å²) in [6.45, 7) is 5.12. The van der Waals surface area contributed by atoms with Crippen LogP contribution in [0.25, 0.3) is 5.69 Å². The van der Waals surface area contributed by atoms with Crippen LogP contribution in [0.4, 0.5) is 0 Å². The van der Waals surface area contributed by atoms with Crippen LogP contribution in [0.2, 0.25) is 0 Å². The molecule has 90 valence electrons. The maximum absolute atomic E-state index is 4.11. The first kappa shape index (κ1) is 11.8. The fourth-order valence-corrected chi connectivity index (χ4v) is 1.70. The van der Waals surface area contributed by atoms with Crippen molar-refractivity contribution in [1.82, 2.24) is 20.3 Å². The smallest absolute Gasteiger partial charge is 0.0969 e. The van der Waals surface area contributed by atoms with Crippen molar-refractivity contribution in [2.45, 2.75) is 26.3 Å². The lowest BCUT2D eigenvalue weighted by molar-refractivity contribution is 0.766. The second kappa shape index (κ2) is 5.10. The molecule has 0 fully saturated rings. The van der Waals surface area contributed by atoms with Gasteiger partial charge in [-0.2, -0.15) is 0 Å². The summed E-state index contributed by atoms with van der Waals surface area (Å²) in [5.41, 5.74) is 3.33. The quantitative estimate of drug-likeness (QED) is 0.874. The maximum atomic E-state index is 4.11. The number of rotatable bonds is 4. The van der Waals surface area contributed by atoms with E-state index in [4.69, 9.17) is 0 Å². The molecule has 1 heterocycles. The highest BCUT2D eigenvalue weighted by Gasteiger charge is 2.03. The van der Waals surface area contributed by atoms with Crippen molar-refractivity contribution < 1.29 is 0 Å². The Balaban J connectivity index is 2.21. The van der Waals surface area contributed by atoms with Crippen molar-refractivity contribution in [3.63, 3.8) is 0 Å². The largest absolute Gasteiger partial charge is 0.314 e. The van der Waals surface area contributed by atoms with Gasteiger partial charge in [-0.25, -0.2) is 4.68 Å². The summed E-state index contributed by atoms with van der Waals surface area (Å²) in [4.78, 5) is 0. The zero-order chi connectivity index (χ0) is 12.3. The van der Waals surface area contributed by atoms with E-state index in [1.165, 1.54) is 5.56 Å². The Morgan fingerprint density at radius 3 is 2.53 bits per heavy atom. The topological polar surface area (TPSA) is 42.7 Å². The van der Waals surface area contributed by atoms with Gasteiger partial charge in [0.25, 0.3) is 0 Å². The van der Waals surface area contributed by atoms with Gasteiger partial charge in [0.15, 0.2) is 0 Å². The van der Waals surface area contributed by atoms with E-state index in [1.807, 2.05) is 13.2 Å². The van der Waals surface area contributed by atoms with Crippen LogP contribution >= 0.6 is 0 Å². The molecule has 0 aliphatic carbocycles. The first-order valence-corrected chi connectivity index (χ1v) is 5.87. The van der Waals surface area contributed by atoms with Crippen molar-refractivity contribution in [3.8, 4) is 5.69 Å². The SMILES string of the molecule is CNCc1cn(-c2ccc(C(C)C)cc2)nn1. The molecule has 0 aliphatic heterocycles. The van der Waals surface area contributed by atoms with Crippen LogP contribution in [0.5, 0.6) is 0 Å². The van der Waals surface area contributed by atoms with Gasteiger partial charge in [-0.15, -0.1) is 5.10 Å². The normalized spacial score (nSPS) is 11.1. The molecule has 0 bridgehead atoms. The van der Waals surface area contributed by atoms with Crippen LogP contribution in [0, 0.1) is 0 Å². The van der Waals surface area contributed by atoms with Gasteiger partial charge in [0.05, 0.1) is 17.6 Å². The highest BCUT2D eigenvalue weighted by molar-refractivity contribution is 5.34. The fourth-order valence-electron chi connectivity index (χ4n) is 1.70. The minimum Gasteiger partial charge on any atom is -0.314 e. The molecule has 0 saturated carbocycles. The average molecular weight is 230 g/mol. The molecule has 0 unspecified atom stereocenters. The number of hydrogen-bond acceptors (Lipinski definition) is 3. The second-order valence-corrected chi connectivity index (χ2v) is 4.43. The summed E-state index contributed by atoms with van der Waals surface area (Å²) in [7, 11) is 1.90. The molecule has 1 aromatic carbocycles. The number of nitrogens with one attached hydrogen (secondary N) is 1. The molecule has 0 saturated heterocycles. The van der Waals surface area contributed by atoms with Gasteiger partial charge in [0, 0.05) is 6.54 Å². The summed E-state index contributed by atoms with van der Waals surface area (Å²) in [5, 5.41) is 11.3. The van der Waals surface area contributed by atoms with Gasteiger partial charge >= 0.3 is 0 Å². The number of benzene rings is 1. The third kappa shape index (κ3) is 2.71. The Morgan fingerprint density at radius 2 is 1.94 bits per heavy atom. The summed E-state index contributed by atoms with van der Waals surface area (Å²) in [5.74, 6) is 0.555. The van der Waals surface area contributed by atoms with Crippen LogP contribution in [0.3, 0.4) is 0 Å². The molecule has 4 nitrogen and oxygen atoms in total. The lowest BCUT2D eigenvalue weighted by Crippen LogP contribution is -2.04. The third-order valence-corrected chi connectivity index (χ3v) is 2.72. The van der Waals surface area contributed by atoms with Crippen molar-refractivity contribution in [3.05, 3.63) is 41.7 Å². The van der Waals surface area contributed by atoms with E-state index in [0.717, 1.165) is 17.9 Å². The molecular weight excluding hydrogens is 212 g/mol. The Morgan fingerprint density at radius 1 is 1.24 bits per heavy atom. The van der Waals surface area contributed by atoms with Crippen LogP contribution in [0.1, 0.15) is 31.0 Å². The second-order valence-electron chi connectivity index (χ2n) is 4.43. The summed E-state index contributed by atoms with van der Waals surface area (Å²) in [6, 6.07) is 8.43. The van der Waals surface area contributed by atoms with Crippen LogP contribution in [0.15, 0.2) is 30.5 Å². The molecule has 0 amide bonds. The molecule has 0 radical (unpaired) electrons. The molecule has 0 spiro atoms. The van der Waals surface area contributed by atoms with E-state index in [1.54, 1.807) is 4.68 Å². The molecule has 0 aliphatic rings. The average Bonchev–Trinajstić information content (AvgIpc) is 2.78. The Hall–Kier alpha value is -1.68. The van der Waals surface area contributed by atoms with Crippen LogP contribution < -0.4 is 5.32 Å². The summed E-state index contributed by atoms with van der Waals surface area (Å²) < 4.78 is 1.80. The van der Waals surface area contributed by atoms with E-state index < -0.39 is 0 Å². The highest BCUT2D eigenvalue weighted by atomic mass is 15.4. The lowest BCUT2D eigenvalue weighted by Gasteiger charge is -2.06. The van der Waals surface area contributed by atoms with Crippen molar-refractivity contribution in [2.75, 3.05) is 7.05 Å². The standard InChI is InChI=1S/C13H18N4/c1-10(2)11-4-6-13(7-5-11)17-9-12(8-14-3)15-16-17/h4-7,9-10,14H,8H2,1-3H3. The van der Waals surface area contributed by atoms with Gasteiger partial charge in [-0.1, -0.05) is 31.2 Å².